The van der Waals surface area contributed by atoms with Crippen molar-refractivity contribution in [2.24, 2.45) is 5.92 Å². The van der Waals surface area contributed by atoms with Gasteiger partial charge >= 0.3 is 12.0 Å². The second-order valence-electron chi connectivity index (χ2n) is 11.2. The smallest absolute Gasteiger partial charge is 0.337 e. The zero-order valence-corrected chi connectivity index (χ0v) is 23.7. The fraction of sp³-hybridized carbons (Fsp3) is 0.387. The molecule has 0 unspecified atom stereocenters. The molecule has 3 aromatic rings. The van der Waals surface area contributed by atoms with E-state index < -0.39 is 29.6 Å². The van der Waals surface area contributed by atoms with Crippen LogP contribution in [-0.4, -0.2) is 64.5 Å². The Hall–Kier alpha value is -3.95. The minimum Gasteiger partial charge on any atom is -0.458 e. The van der Waals surface area contributed by atoms with E-state index in [2.05, 4.69) is 5.32 Å². The van der Waals surface area contributed by atoms with Crippen molar-refractivity contribution in [1.82, 2.24) is 15.7 Å². The summed E-state index contributed by atoms with van der Waals surface area (Å²) < 4.78 is 5.23. The fourth-order valence-corrected chi connectivity index (χ4v) is 4.46. The molecule has 0 radical (unpaired) electrons. The van der Waals surface area contributed by atoms with Crippen LogP contribution in [0.25, 0.3) is 21.9 Å². The number of urea groups is 1. The lowest BCUT2D eigenvalue weighted by molar-refractivity contribution is -0.165. The first kappa shape index (κ1) is 30.6. The molecular formula is C31H39N3O6. The van der Waals surface area contributed by atoms with Crippen molar-refractivity contribution in [3.63, 3.8) is 0 Å². The lowest BCUT2D eigenvalue weighted by Crippen LogP contribution is -2.48. The van der Waals surface area contributed by atoms with Crippen molar-refractivity contribution in [2.75, 3.05) is 19.6 Å². The predicted octanol–water partition coefficient (Wildman–Crippen LogP) is 4.54. The molecule has 9 heteroatoms. The third-order valence-corrected chi connectivity index (χ3v) is 6.17. The number of esters is 1. The summed E-state index contributed by atoms with van der Waals surface area (Å²) in [5, 5.41) is 24.7. The molecule has 40 heavy (non-hydrogen) atoms. The van der Waals surface area contributed by atoms with E-state index in [1.807, 2.05) is 68.4 Å². The third-order valence-electron chi connectivity index (χ3n) is 6.17. The van der Waals surface area contributed by atoms with Crippen LogP contribution in [0, 0.1) is 5.92 Å². The molecule has 0 aromatic heterocycles. The summed E-state index contributed by atoms with van der Waals surface area (Å²) in [6.45, 7) is 9.27. The average molecular weight is 550 g/mol. The number of amides is 3. The van der Waals surface area contributed by atoms with Gasteiger partial charge in [0.2, 0.25) is 0 Å². The van der Waals surface area contributed by atoms with Crippen LogP contribution in [-0.2, 0) is 16.0 Å². The summed E-state index contributed by atoms with van der Waals surface area (Å²) in [6, 6.07) is 18.9. The normalized spacial score (nSPS) is 12.2. The minimum absolute atomic E-state index is 0.0954. The van der Waals surface area contributed by atoms with Gasteiger partial charge in [0.25, 0.3) is 5.91 Å². The monoisotopic (exact) mass is 549 g/mol. The number of aliphatic hydroxyl groups is 1. The standard InChI is InChI=1S/C31H39N3O6/c1-20(2)18-34(19-27(35)29(37)40-31(3,4)5)30(38)32-16-15-22-13-14-23(17-26(22)28(36)33-39)25-12-8-10-21-9-6-7-11-24(21)25/h6-14,17,20,27,35,39H,15-16,18-19H2,1-5H3,(H,32,38)(H,33,36)/t27-/m0/s1. The fourth-order valence-electron chi connectivity index (χ4n) is 4.46. The maximum atomic E-state index is 13.0. The molecular weight excluding hydrogens is 510 g/mol. The molecule has 4 N–H and O–H groups in total. The van der Waals surface area contributed by atoms with E-state index in [1.165, 1.54) is 4.90 Å². The Morgan fingerprint density at radius 1 is 0.975 bits per heavy atom. The van der Waals surface area contributed by atoms with Crippen LogP contribution in [0.1, 0.15) is 50.5 Å². The van der Waals surface area contributed by atoms with Crippen LogP contribution in [0.3, 0.4) is 0 Å². The van der Waals surface area contributed by atoms with E-state index in [-0.39, 0.29) is 19.0 Å². The Balaban J connectivity index is 1.74. The second-order valence-corrected chi connectivity index (χ2v) is 11.2. The van der Waals surface area contributed by atoms with Crippen LogP contribution in [0.15, 0.2) is 60.7 Å². The molecule has 0 heterocycles. The summed E-state index contributed by atoms with van der Waals surface area (Å²) in [6.07, 6.45) is -1.17. The first-order valence-electron chi connectivity index (χ1n) is 13.4. The molecule has 214 valence electrons. The zero-order valence-electron chi connectivity index (χ0n) is 23.7. The van der Waals surface area contributed by atoms with E-state index in [0.29, 0.717) is 24.1 Å². The van der Waals surface area contributed by atoms with Gasteiger partial charge in [-0.1, -0.05) is 68.4 Å². The number of ether oxygens (including phenoxy) is 1. The van der Waals surface area contributed by atoms with Crippen molar-refractivity contribution < 1.29 is 29.4 Å². The molecule has 0 aliphatic carbocycles. The summed E-state index contributed by atoms with van der Waals surface area (Å²) >= 11 is 0. The summed E-state index contributed by atoms with van der Waals surface area (Å²) in [4.78, 5) is 39.2. The quantitative estimate of drug-likeness (QED) is 0.167. The van der Waals surface area contributed by atoms with Crippen LogP contribution in [0.5, 0.6) is 0 Å². The highest BCUT2D eigenvalue weighted by molar-refractivity contribution is 6.00. The Morgan fingerprint density at radius 3 is 2.35 bits per heavy atom. The average Bonchev–Trinajstić information content (AvgIpc) is 2.90. The number of hydrogen-bond donors (Lipinski definition) is 4. The van der Waals surface area contributed by atoms with Gasteiger partial charge in [-0.3, -0.25) is 10.0 Å². The topological polar surface area (TPSA) is 128 Å². The Morgan fingerprint density at radius 2 is 1.68 bits per heavy atom. The Kier molecular flexibility index (Phi) is 10.3. The van der Waals surface area contributed by atoms with E-state index in [1.54, 1.807) is 32.3 Å². The first-order valence-corrected chi connectivity index (χ1v) is 13.4. The van der Waals surface area contributed by atoms with E-state index in [4.69, 9.17) is 4.74 Å². The largest absolute Gasteiger partial charge is 0.458 e. The molecule has 0 saturated carbocycles. The van der Waals surface area contributed by atoms with Gasteiger partial charge in [0.05, 0.1) is 6.54 Å². The molecule has 0 spiro atoms. The second kappa shape index (κ2) is 13.4. The number of hydrogen-bond acceptors (Lipinski definition) is 6. The molecule has 9 nitrogen and oxygen atoms in total. The van der Waals surface area contributed by atoms with Gasteiger partial charge < -0.3 is 20.1 Å². The van der Waals surface area contributed by atoms with Gasteiger partial charge in [-0.05, 0) is 66.6 Å². The SMILES string of the molecule is CC(C)CN(C[C@H](O)C(=O)OC(C)(C)C)C(=O)NCCc1ccc(-c2cccc3ccccc23)cc1C(=O)NO. The number of hydroxylamine groups is 1. The highest BCUT2D eigenvalue weighted by Crippen LogP contribution is 2.30. The minimum atomic E-state index is -1.48. The number of carbonyl (C=O) groups is 3. The third kappa shape index (κ3) is 8.27. The number of rotatable bonds is 10. The number of nitrogens with zero attached hydrogens (tertiary/aromatic N) is 1. The number of nitrogens with one attached hydrogen (secondary N) is 2. The lowest BCUT2D eigenvalue weighted by atomic mass is 9.94. The highest BCUT2D eigenvalue weighted by atomic mass is 16.6. The molecule has 0 saturated heterocycles. The van der Waals surface area contributed by atoms with Crippen molar-refractivity contribution in [3.8, 4) is 11.1 Å². The van der Waals surface area contributed by atoms with Crippen molar-refractivity contribution in [2.45, 2.75) is 52.7 Å². The van der Waals surface area contributed by atoms with Crippen molar-refractivity contribution >= 4 is 28.7 Å². The highest BCUT2D eigenvalue weighted by Gasteiger charge is 2.27. The van der Waals surface area contributed by atoms with E-state index in [9.17, 15) is 24.7 Å². The lowest BCUT2D eigenvalue weighted by Gasteiger charge is -2.28. The molecule has 3 amide bonds. The van der Waals surface area contributed by atoms with Crippen LogP contribution in [0.4, 0.5) is 4.79 Å². The van der Waals surface area contributed by atoms with Gasteiger partial charge in [-0.15, -0.1) is 0 Å². The maximum absolute atomic E-state index is 13.0. The van der Waals surface area contributed by atoms with E-state index in [0.717, 1.165) is 21.9 Å². The molecule has 0 aliphatic heterocycles. The molecule has 0 fully saturated rings. The van der Waals surface area contributed by atoms with Gasteiger partial charge in [-0.2, -0.15) is 0 Å². The van der Waals surface area contributed by atoms with Crippen molar-refractivity contribution in [3.05, 3.63) is 71.8 Å². The first-order chi connectivity index (χ1) is 18.9. The number of fused-ring (bicyclic) bond motifs is 1. The van der Waals surface area contributed by atoms with Crippen LogP contribution >= 0.6 is 0 Å². The summed E-state index contributed by atoms with van der Waals surface area (Å²) in [5.74, 6) is -1.34. The van der Waals surface area contributed by atoms with Gasteiger partial charge in [0.15, 0.2) is 6.10 Å². The van der Waals surface area contributed by atoms with Gasteiger partial charge in [0.1, 0.15) is 5.60 Å². The predicted molar refractivity (Wildman–Crippen MR) is 154 cm³/mol. The number of benzene rings is 3. The zero-order chi connectivity index (χ0) is 29.4. The molecule has 1 atom stereocenters. The van der Waals surface area contributed by atoms with E-state index >= 15 is 0 Å². The molecule has 0 aliphatic rings. The van der Waals surface area contributed by atoms with Gasteiger partial charge in [0, 0.05) is 18.7 Å². The Labute approximate surface area is 235 Å². The molecule has 3 aromatic carbocycles. The number of carbonyl (C=O) groups excluding carboxylic acids is 3. The summed E-state index contributed by atoms with van der Waals surface area (Å²) in [5.41, 5.74) is 3.67. The molecule has 0 bridgehead atoms. The molecule has 3 rings (SSSR count). The van der Waals surface area contributed by atoms with Gasteiger partial charge in [-0.25, -0.2) is 15.1 Å². The van der Waals surface area contributed by atoms with Crippen molar-refractivity contribution in [1.29, 1.82) is 0 Å². The summed E-state index contributed by atoms with van der Waals surface area (Å²) in [7, 11) is 0. The van der Waals surface area contributed by atoms with Crippen LogP contribution in [0.2, 0.25) is 0 Å². The number of aliphatic hydroxyl groups excluding tert-OH is 1. The maximum Gasteiger partial charge on any atom is 0.337 e. The van der Waals surface area contributed by atoms with Crippen LogP contribution < -0.4 is 10.8 Å². The Bertz CT molecular complexity index is 1340.